The smallest absolute Gasteiger partial charge is 0.348 e. The lowest BCUT2D eigenvalue weighted by atomic mass is 10.1. The molecule has 3 aromatic rings. The number of thiazole rings is 1. The quantitative estimate of drug-likeness (QED) is 0.643. The summed E-state index contributed by atoms with van der Waals surface area (Å²) in [6, 6.07) is 11.1. The second-order valence-electron chi connectivity index (χ2n) is 5.13. The molecular weight excluding hydrogens is 380 g/mol. The van der Waals surface area contributed by atoms with E-state index in [0.717, 1.165) is 22.6 Å². The molecule has 2 aromatic heterocycles. The first-order valence-corrected chi connectivity index (χ1v) is 9.33. The van der Waals surface area contributed by atoms with Gasteiger partial charge in [-0.25, -0.2) is 9.78 Å². The van der Waals surface area contributed by atoms with Crippen LogP contribution in [0.4, 0.5) is 5.13 Å². The van der Waals surface area contributed by atoms with Crippen LogP contribution < -0.4 is 5.32 Å². The summed E-state index contributed by atoms with van der Waals surface area (Å²) in [4.78, 5) is 28.4. The highest BCUT2D eigenvalue weighted by Crippen LogP contribution is 2.25. The van der Waals surface area contributed by atoms with Crippen LogP contribution in [0.5, 0.6) is 0 Å². The zero-order chi connectivity index (χ0) is 17.8. The van der Waals surface area contributed by atoms with E-state index >= 15 is 0 Å². The monoisotopic (exact) mass is 392 g/mol. The summed E-state index contributed by atoms with van der Waals surface area (Å²) >= 11 is 8.17. The summed E-state index contributed by atoms with van der Waals surface area (Å²) in [5.41, 5.74) is 2.93. The largest absolute Gasteiger partial charge is 0.451 e. The van der Waals surface area contributed by atoms with Crippen LogP contribution in [0.25, 0.3) is 11.3 Å². The number of aromatic nitrogens is 1. The number of aryl methyl sites for hydroxylation is 1. The number of nitrogens with zero attached hydrogens (tertiary/aromatic N) is 1. The average molecular weight is 393 g/mol. The molecule has 0 bridgehead atoms. The van der Waals surface area contributed by atoms with Gasteiger partial charge in [0.1, 0.15) is 4.88 Å². The van der Waals surface area contributed by atoms with Crippen LogP contribution in [-0.4, -0.2) is 23.5 Å². The maximum Gasteiger partial charge on any atom is 0.348 e. The third-order valence-corrected chi connectivity index (χ3v) is 5.18. The SMILES string of the molecule is Cc1ccc(-c2csc(NC(=O)COC(=O)c3ccc(Cl)s3)n2)cc1. The van der Waals surface area contributed by atoms with E-state index in [-0.39, 0.29) is 6.61 Å². The molecule has 3 rings (SSSR count). The van der Waals surface area contributed by atoms with Gasteiger partial charge in [0.25, 0.3) is 5.91 Å². The number of thiophene rings is 1. The summed E-state index contributed by atoms with van der Waals surface area (Å²) in [5, 5.41) is 4.94. The normalized spacial score (nSPS) is 10.5. The Morgan fingerprint density at radius 3 is 2.64 bits per heavy atom. The number of rotatable bonds is 5. The number of hydrogen-bond acceptors (Lipinski definition) is 6. The predicted molar refractivity (Wildman–Crippen MR) is 101 cm³/mol. The fourth-order valence-electron chi connectivity index (χ4n) is 1.97. The number of ether oxygens (including phenoxy) is 1. The van der Waals surface area contributed by atoms with Crippen molar-refractivity contribution in [2.24, 2.45) is 0 Å². The van der Waals surface area contributed by atoms with E-state index in [1.54, 1.807) is 12.1 Å². The lowest BCUT2D eigenvalue weighted by Gasteiger charge is -2.03. The van der Waals surface area contributed by atoms with Gasteiger partial charge in [0.05, 0.1) is 10.0 Å². The van der Waals surface area contributed by atoms with Gasteiger partial charge in [-0.2, -0.15) is 0 Å². The maximum absolute atomic E-state index is 11.9. The van der Waals surface area contributed by atoms with E-state index in [9.17, 15) is 9.59 Å². The number of nitrogens with one attached hydrogen (secondary N) is 1. The van der Waals surface area contributed by atoms with E-state index in [4.69, 9.17) is 16.3 Å². The fourth-order valence-corrected chi connectivity index (χ4v) is 3.64. The highest BCUT2D eigenvalue weighted by atomic mass is 35.5. The Hall–Kier alpha value is -2.22. The molecule has 1 aromatic carbocycles. The van der Waals surface area contributed by atoms with E-state index < -0.39 is 11.9 Å². The van der Waals surface area contributed by atoms with Gasteiger partial charge in [0.15, 0.2) is 11.7 Å². The van der Waals surface area contributed by atoms with E-state index in [1.165, 1.54) is 16.9 Å². The third-order valence-electron chi connectivity index (χ3n) is 3.21. The summed E-state index contributed by atoms with van der Waals surface area (Å²) in [7, 11) is 0. The van der Waals surface area contributed by atoms with Gasteiger partial charge in [-0.15, -0.1) is 22.7 Å². The summed E-state index contributed by atoms with van der Waals surface area (Å²) < 4.78 is 5.45. The molecule has 0 unspecified atom stereocenters. The van der Waals surface area contributed by atoms with E-state index in [2.05, 4.69) is 10.3 Å². The maximum atomic E-state index is 11.9. The number of amides is 1. The van der Waals surface area contributed by atoms with Gasteiger partial charge in [0.2, 0.25) is 0 Å². The van der Waals surface area contributed by atoms with Gasteiger partial charge < -0.3 is 4.74 Å². The third kappa shape index (κ3) is 4.66. The molecule has 25 heavy (non-hydrogen) atoms. The molecule has 0 fully saturated rings. The highest BCUT2D eigenvalue weighted by Gasteiger charge is 2.14. The van der Waals surface area contributed by atoms with Crippen molar-refractivity contribution in [3.8, 4) is 11.3 Å². The van der Waals surface area contributed by atoms with Crippen LogP contribution in [0.15, 0.2) is 41.8 Å². The molecule has 2 heterocycles. The Balaban J connectivity index is 1.55. The molecule has 0 aliphatic carbocycles. The second kappa shape index (κ2) is 7.77. The van der Waals surface area contributed by atoms with Gasteiger partial charge in [-0.05, 0) is 19.1 Å². The molecule has 0 saturated carbocycles. The van der Waals surface area contributed by atoms with Crippen molar-refractivity contribution < 1.29 is 14.3 Å². The Bertz CT molecular complexity index is 903. The molecule has 0 aliphatic rings. The van der Waals surface area contributed by atoms with Crippen molar-refractivity contribution in [3.63, 3.8) is 0 Å². The molecule has 128 valence electrons. The lowest BCUT2D eigenvalue weighted by Crippen LogP contribution is -2.20. The highest BCUT2D eigenvalue weighted by molar-refractivity contribution is 7.17. The number of halogens is 1. The average Bonchev–Trinajstić information content (AvgIpc) is 3.22. The second-order valence-corrected chi connectivity index (χ2v) is 7.71. The van der Waals surface area contributed by atoms with Crippen molar-refractivity contribution in [3.05, 3.63) is 56.6 Å². The van der Waals surface area contributed by atoms with E-state index in [1.807, 2.05) is 36.6 Å². The molecule has 0 aliphatic heterocycles. The molecule has 0 spiro atoms. The van der Waals surface area contributed by atoms with Crippen molar-refractivity contribution in [1.82, 2.24) is 4.98 Å². The van der Waals surface area contributed by atoms with Crippen LogP contribution in [0, 0.1) is 6.92 Å². The molecule has 5 nitrogen and oxygen atoms in total. The van der Waals surface area contributed by atoms with Crippen LogP contribution in [0.1, 0.15) is 15.2 Å². The first-order chi connectivity index (χ1) is 12.0. The van der Waals surface area contributed by atoms with E-state index in [0.29, 0.717) is 14.3 Å². The van der Waals surface area contributed by atoms with Crippen molar-refractivity contribution >= 4 is 51.3 Å². The van der Waals surface area contributed by atoms with Gasteiger partial charge in [-0.1, -0.05) is 41.4 Å². The first kappa shape index (κ1) is 17.6. The minimum absolute atomic E-state index is 0.355. The van der Waals surface area contributed by atoms with Crippen LogP contribution >= 0.6 is 34.3 Å². The van der Waals surface area contributed by atoms with Crippen LogP contribution in [0.3, 0.4) is 0 Å². The van der Waals surface area contributed by atoms with Gasteiger partial charge in [0, 0.05) is 10.9 Å². The number of anilines is 1. The summed E-state index contributed by atoms with van der Waals surface area (Å²) in [6.45, 7) is 1.63. The molecule has 1 N–H and O–H groups in total. The summed E-state index contributed by atoms with van der Waals surface area (Å²) in [5.74, 6) is -1.02. The van der Waals surface area contributed by atoms with Gasteiger partial charge in [-0.3, -0.25) is 10.1 Å². The minimum Gasteiger partial charge on any atom is -0.451 e. The molecule has 0 radical (unpaired) electrons. The van der Waals surface area contributed by atoms with Gasteiger partial charge >= 0.3 is 5.97 Å². The number of hydrogen-bond donors (Lipinski definition) is 1. The first-order valence-electron chi connectivity index (χ1n) is 7.26. The van der Waals surface area contributed by atoms with Crippen LogP contribution in [0.2, 0.25) is 4.34 Å². The lowest BCUT2D eigenvalue weighted by molar-refractivity contribution is -0.119. The number of benzene rings is 1. The molecule has 1 amide bonds. The Morgan fingerprint density at radius 2 is 1.96 bits per heavy atom. The standard InChI is InChI=1S/C17H13ClN2O3S2/c1-10-2-4-11(5-3-10)12-9-24-17(19-12)20-15(21)8-23-16(22)13-6-7-14(18)25-13/h2-7,9H,8H2,1H3,(H,19,20,21). The topological polar surface area (TPSA) is 68.3 Å². The molecular formula is C17H13ClN2O3S2. The van der Waals surface area contributed by atoms with Crippen molar-refractivity contribution in [2.45, 2.75) is 6.92 Å². The van der Waals surface area contributed by atoms with Crippen molar-refractivity contribution in [2.75, 3.05) is 11.9 Å². The zero-order valence-corrected chi connectivity index (χ0v) is 15.5. The Kier molecular flexibility index (Phi) is 5.47. The zero-order valence-electron chi connectivity index (χ0n) is 13.1. The Labute approximate surface area is 157 Å². The summed E-state index contributed by atoms with van der Waals surface area (Å²) in [6.07, 6.45) is 0. The predicted octanol–water partition coefficient (Wildman–Crippen LogP) is 4.63. The minimum atomic E-state index is -0.577. The molecule has 8 heteroatoms. The van der Waals surface area contributed by atoms with Crippen molar-refractivity contribution in [1.29, 1.82) is 0 Å². The molecule has 0 atom stereocenters. The molecule has 0 saturated heterocycles. The number of carbonyl (C=O) groups excluding carboxylic acids is 2. The Morgan fingerprint density at radius 1 is 1.20 bits per heavy atom. The fraction of sp³-hybridized carbons (Fsp3) is 0.118. The number of esters is 1. The van der Waals surface area contributed by atoms with Crippen LogP contribution in [-0.2, 0) is 9.53 Å². The number of carbonyl (C=O) groups is 2.